The first kappa shape index (κ1) is 12.6. The van der Waals surface area contributed by atoms with Crippen LogP contribution < -0.4 is 0 Å². The van der Waals surface area contributed by atoms with Gasteiger partial charge in [0.1, 0.15) is 6.33 Å². The fraction of sp³-hybridized carbons (Fsp3) is 0.333. The van der Waals surface area contributed by atoms with Gasteiger partial charge >= 0.3 is 0 Å². The monoisotopic (exact) mass is 262 g/mol. The molecule has 0 fully saturated rings. The lowest BCUT2D eigenvalue weighted by Crippen LogP contribution is -2.28. The molecule has 0 saturated carbocycles. The van der Waals surface area contributed by atoms with Crippen LogP contribution in [0.1, 0.15) is 27.4 Å². The Morgan fingerprint density at radius 1 is 1.28 bits per heavy atom. The van der Waals surface area contributed by atoms with Crippen molar-refractivity contribution in [2.75, 3.05) is 7.05 Å². The van der Waals surface area contributed by atoms with Crippen LogP contribution in [0.2, 0.25) is 0 Å². The predicted octanol–water partition coefficient (Wildman–Crippen LogP) is 1.82. The van der Waals surface area contributed by atoms with Crippen molar-refractivity contribution in [2.45, 2.75) is 20.4 Å². The van der Waals surface area contributed by atoms with Crippen molar-refractivity contribution in [1.29, 1.82) is 0 Å². The molecule has 0 aliphatic carbocycles. The average Bonchev–Trinajstić information content (AvgIpc) is 2.81. The zero-order valence-electron chi connectivity index (χ0n) is 10.5. The molecule has 18 heavy (non-hydrogen) atoms. The SMILES string of the molecule is Cc1ncnc(C)c1C(=O)N(C)Cc1cscn1. The van der Waals surface area contributed by atoms with Gasteiger partial charge in [-0.15, -0.1) is 11.3 Å². The summed E-state index contributed by atoms with van der Waals surface area (Å²) >= 11 is 1.52. The number of hydrogen-bond donors (Lipinski definition) is 0. The highest BCUT2D eigenvalue weighted by atomic mass is 32.1. The topological polar surface area (TPSA) is 59.0 Å². The van der Waals surface area contributed by atoms with Crippen molar-refractivity contribution < 1.29 is 4.79 Å². The first-order valence-electron chi connectivity index (χ1n) is 5.50. The van der Waals surface area contributed by atoms with Crippen LogP contribution in [0.5, 0.6) is 0 Å². The molecule has 0 saturated heterocycles. The molecule has 0 atom stereocenters. The van der Waals surface area contributed by atoms with Crippen LogP contribution >= 0.6 is 11.3 Å². The second kappa shape index (κ2) is 5.22. The average molecular weight is 262 g/mol. The third kappa shape index (κ3) is 2.53. The highest BCUT2D eigenvalue weighted by Crippen LogP contribution is 2.13. The molecule has 0 aromatic carbocycles. The zero-order valence-corrected chi connectivity index (χ0v) is 11.4. The lowest BCUT2D eigenvalue weighted by Gasteiger charge is -2.17. The molecular formula is C12H14N4OS. The minimum absolute atomic E-state index is 0.0707. The largest absolute Gasteiger partial charge is 0.336 e. The molecule has 6 heteroatoms. The van der Waals surface area contributed by atoms with E-state index in [1.165, 1.54) is 17.7 Å². The van der Waals surface area contributed by atoms with Crippen molar-refractivity contribution in [2.24, 2.45) is 0 Å². The van der Waals surface area contributed by atoms with Gasteiger partial charge in [-0.05, 0) is 13.8 Å². The standard InChI is InChI=1S/C12H14N4OS/c1-8-11(9(2)14-6-13-8)12(17)16(3)4-10-5-18-7-15-10/h5-7H,4H2,1-3H3. The smallest absolute Gasteiger partial charge is 0.257 e. The zero-order chi connectivity index (χ0) is 13.1. The first-order valence-corrected chi connectivity index (χ1v) is 6.44. The first-order chi connectivity index (χ1) is 8.59. The molecule has 2 aromatic heterocycles. The van der Waals surface area contributed by atoms with E-state index in [-0.39, 0.29) is 5.91 Å². The Hall–Kier alpha value is -1.82. The van der Waals surface area contributed by atoms with E-state index >= 15 is 0 Å². The molecule has 2 aromatic rings. The number of nitrogens with zero attached hydrogens (tertiary/aromatic N) is 4. The fourth-order valence-electron chi connectivity index (χ4n) is 1.72. The quantitative estimate of drug-likeness (QED) is 0.846. The molecule has 5 nitrogen and oxygen atoms in total. The van der Waals surface area contributed by atoms with Gasteiger partial charge in [0.25, 0.3) is 5.91 Å². The molecule has 1 amide bonds. The summed E-state index contributed by atoms with van der Waals surface area (Å²) in [4.78, 5) is 26.3. The van der Waals surface area contributed by atoms with Crippen LogP contribution in [-0.2, 0) is 6.54 Å². The Morgan fingerprint density at radius 2 is 1.94 bits per heavy atom. The molecule has 2 heterocycles. The van der Waals surface area contributed by atoms with Crippen LogP contribution in [-0.4, -0.2) is 32.8 Å². The normalized spacial score (nSPS) is 10.4. The van der Waals surface area contributed by atoms with E-state index < -0.39 is 0 Å². The maximum absolute atomic E-state index is 12.3. The number of carbonyl (C=O) groups is 1. The number of thiazole rings is 1. The van der Waals surface area contributed by atoms with Crippen LogP contribution in [0.3, 0.4) is 0 Å². The maximum atomic E-state index is 12.3. The highest BCUT2D eigenvalue weighted by Gasteiger charge is 2.18. The molecule has 0 radical (unpaired) electrons. The molecule has 0 bridgehead atoms. The molecule has 0 aliphatic heterocycles. The van der Waals surface area contributed by atoms with E-state index in [4.69, 9.17) is 0 Å². The van der Waals surface area contributed by atoms with E-state index in [2.05, 4.69) is 15.0 Å². The number of amides is 1. The summed E-state index contributed by atoms with van der Waals surface area (Å²) in [7, 11) is 1.76. The van der Waals surface area contributed by atoms with Gasteiger partial charge in [-0.1, -0.05) is 0 Å². The summed E-state index contributed by atoms with van der Waals surface area (Å²) in [6.45, 7) is 4.13. The number of aromatic nitrogens is 3. The maximum Gasteiger partial charge on any atom is 0.257 e. The Morgan fingerprint density at radius 3 is 2.50 bits per heavy atom. The van der Waals surface area contributed by atoms with Crippen molar-refractivity contribution in [3.63, 3.8) is 0 Å². The Bertz CT molecular complexity index is 533. The summed E-state index contributed by atoms with van der Waals surface area (Å²) in [5.74, 6) is -0.0707. The van der Waals surface area contributed by atoms with Crippen LogP contribution in [0.15, 0.2) is 17.2 Å². The van der Waals surface area contributed by atoms with Crippen molar-refractivity contribution in [3.8, 4) is 0 Å². The molecule has 0 aliphatic rings. The van der Waals surface area contributed by atoms with E-state index in [1.807, 2.05) is 19.2 Å². The van der Waals surface area contributed by atoms with Gasteiger partial charge in [0.05, 0.1) is 34.7 Å². The van der Waals surface area contributed by atoms with Crippen molar-refractivity contribution in [1.82, 2.24) is 19.9 Å². The van der Waals surface area contributed by atoms with E-state index in [0.29, 0.717) is 23.5 Å². The molecule has 0 N–H and O–H groups in total. The van der Waals surface area contributed by atoms with Gasteiger partial charge in [-0.3, -0.25) is 4.79 Å². The second-order valence-electron chi connectivity index (χ2n) is 4.06. The molecule has 0 spiro atoms. The predicted molar refractivity (Wildman–Crippen MR) is 69.4 cm³/mol. The van der Waals surface area contributed by atoms with Gasteiger partial charge in [0.15, 0.2) is 0 Å². The summed E-state index contributed by atoms with van der Waals surface area (Å²) < 4.78 is 0. The second-order valence-corrected chi connectivity index (χ2v) is 4.78. The van der Waals surface area contributed by atoms with Gasteiger partial charge in [0.2, 0.25) is 0 Å². The van der Waals surface area contributed by atoms with E-state index in [9.17, 15) is 4.79 Å². The Kier molecular flexibility index (Phi) is 3.66. The van der Waals surface area contributed by atoms with E-state index in [1.54, 1.807) is 17.5 Å². The highest BCUT2D eigenvalue weighted by molar-refractivity contribution is 7.07. The minimum Gasteiger partial charge on any atom is -0.336 e. The third-order valence-corrected chi connectivity index (χ3v) is 3.30. The van der Waals surface area contributed by atoms with Crippen molar-refractivity contribution >= 4 is 17.2 Å². The number of aryl methyl sites for hydroxylation is 2. The van der Waals surface area contributed by atoms with Crippen LogP contribution in [0.25, 0.3) is 0 Å². The number of hydrogen-bond acceptors (Lipinski definition) is 5. The van der Waals surface area contributed by atoms with Crippen LogP contribution in [0.4, 0.5) is 0 Å². The Labute approximate surface area is 110 Å². The van der Waals surface area contributed by atoms with E-state index in [0.717, 1.165) is 5.69 Å². The van der Waals surface area contributed by atoms with Crippen molar-refractivity contribution in [3.05, 3.63) is 39.9 Å². The van der Waals surface area contributed by atoms with Gasteiger partial charge < -0.3 is 4.90 Å². The number of carbonyl (C=O) groups excluding carboxylic acids is 1. The summed E-state index contributed by atoms with van der Waals surface area (Å²) in [6.07, 6.45) is 1.47. The van der Waals surface area contributed by atoms with Crippen LogP contribution in [0, 0.1) is 13.8 Å². The lowest BCUT2D eigenvalue weighted by molar-refractivity contribution is 0.0781. The van der Waals surface area contributed by atoms with Gasteiger partial charge in [-0.25, -0.2) is 15.0 Å². The molecular weight excluding hydrogens is 248 g/mol. The third-order valence-electron chi connectivity index (χ3n) is 2.67. The lowest BCUT2D eigenvalue weighted by atomic mass is 10.1. The van der Waals surface area contributed by atoms with Gasteiger partial charge in [0, 0.05) is 12.4 Å². The molecule has 2 rings (SSSR count). The van der Waals surface area contributed by atoms with Gasteiger partial charge in [-0.2, -0.15) is 0 Å². The summed E-state index contributed by atoms with van der Waals surface area (Å²) in [5.41, 5.74) is 4.64. The Balaban J connectivity index is 2.21. The minimum atomic E-state index is -0.0707. The fourth-order valence-corrected chi connectivity index (χ4v) is 2.27. The summed E-state index contributed by atoms with van der Waals surface area (Å²) in [6, 6.07) is 0. The molecule has 94 valence electrons. The number of rotatable bonds is 3. The molecule has 0 unspecified atom stereocenters. The summed E-state index contributed by atoms with van der Waals surface area (Å²) in [5, 5.41) is 1.94.